The number of fused-ring (bicyclic) bond motifs is 1. The van der Waals surface area contributed by atoms with Crippen LogP contribution in [0.2, 0.25) is 0 Å². The lowest BCUT2D eigenvalue weighted by atomic mass is 9.79. The Bertz CT molecular complexity index is 1290. The van der Waals surface area contributed by atoms with Crippen molar-refractivity contribution in [3.8, 4) is 6.07 Å². The smallest absolute Gasteiger partial charge is 0.325 e. The predicted octanol–water partition coefficient (Wildman–Crippen LogP) is 4.57. The molecule has 0 saturated heterocycles. The van der Waals surface area contributed by atoms with Crippen molar-refractivity contribution in [1.82, 2.24) is 9.88 Å². The number of nitriles is 1. The van der Waals surface area contributed by atoms with Crippen LogP contribution in [0.3, 0.4) is 0 Å². The fourth-order valence-corrected chi connectivity index (χ4v) is 4.07. The number of nitrogens with zero attached hydrogens (tertiary/aromatic N) is 3. The van der Waals surface area contributed by atoms with Gasteiger partial charge in [-0.25, -0.2) is 4.39 Å². The van der Waals surface area contributed by atoms with E-state index in [1.165, 1.54) is 48.8 Å². The lowest BCUT2D eigenvalue weighted by Crippen LogP contribution is -2.49. The van der Waals surface area contributed by atoms with E-state index in [1.54, 1.807) is 12.1 Å². The summed E-state index contributed by atoms with van der Waals surface area (Å²) in [6.45, 7) is -1.57. The summed E-state index contributed by atoms with van der Waals surface area (Å²) in [6, 6.07) is 12.7. The summed E-state index contributed by atoms with van der Waals surface area (Å²) >= 11 is 0. The van der Waals surface area contributed by atoms with Gasteiger partial charge in [-0.1, -0.05) is 24.3 Å². The SMILES string of the molecule is N#Cc1cc(NC(=O)[C@@H]2c3ccccc3C(=O)N(CC(F)(F)F)[C@H]2c2cccnc2)ccc1F. The van der Waals surface area contributed by atoms with Crippen LogP contribution in [-0.4, -0.2) is 34.4 Å². The highest BCUT2D eigenvalue weighted by molar-refractivity contribution is 6.04. The number of amides is 2. The molecule has 172 valence electrons. The van der Waals surface area contributed by atoms with Crippen LogP contribution in [0.25, 0.3) is 0 Å². The second-order valence-corrected chi connectivity index (χ2v) is 7.64. The Morgan fingerprint density at radius 2 is 1.91 bits per heavy atom. The second kappa shape index (κ2) is 8.94. The van der Waals surface area contributed by atoms with Crippen LogP contribution >= 0.6 is 0 Å². The summed E-state index contributed by atoms with van der Waals surface area (Å²) in [5.41, 5.74) is 0.250. The van der Waals surface area contributed by atoms with E-state index in [0.29, 0.717) is 4.90 Å². The Kier molecular flexibility index (Phi) is 6.03. The topological polar surface area (TPSA) is 86.1 Å². The summed E-state index contributed by atoms with van der Waals surface area (Å²) in [7, 11) is 0. The highest BCUT2D eigenvalue weighted by Crippen LogP contribution is 2.44. The van der Waals surface area contributed by atoms with Gasteiger partial charge in [0.15, 0.2) is 0 Å². The summed E-state index contributed by atoms with van der Waals surface area (Å²) in [4.78, 5) is 31.2. The van der Waals surface area contributed by atoms with E-state index in [9.17, 15) is 27.2 Å². The molecule has 0 bridgehead atoms. The zero-order valence-electron chi connectivity index (χ0n) is 17.4. The lowest BCUT2D eigenvalue weighted by Gasteiger charge is -2.41. The number of alkyl halides is 3. The molecule has 2 aromatic carbocycles. The summed E-state index contributed by atoms with van der Waals surface area (Å²) in [5, 5.41) is 11.6. The number of pyridine rings is 1. The fraction of sp³-hybridized carbons (Fsp3) is 0.167. The number of anilines is 1. The molecule has 6 nitrogen and oxygen atoms in total. The molecule has 0 radical (unpaired) electrons. The average Bonchev–Trinajstić information content (AvgIpc) is 2.81. The van der Waals surface area contributed by atoms with Gasteiger partial charge in [-0.05, 0) is 41.5 Å². The van der Waals surface area contributed by atoms with Gasteiger partial charge in [0, 0.05) is 23.6 Å². The maximum atomic E-state index is 13.7. The summed E-state index contributed by atoms with van der Waals surface area (Å²) in [6.07, 6.45) is -1.99. The molecule has 0 fully saturated rings. The first-order valence-corrected chi connectivity index (χ1v) is 10.1. The molecule has 3 aromatic rings. The van der Waals surface area contributed by atoms with Crippen LogP contribution in [0.4, 0.5) is 23.2 Å². The minimum Gasteiger partial charge on any atom is -0.325 e. The van der Waals surface area contributed by atoms with Gasteiger partial charge in [-0.15, -0.1) is 0 Å². The molecule has 0 unspecified atom stereocenters. The number of nitrogens with one attached hydrogen (secondary N) is 1. The Balaban J connectivity index is 1.84. The van der Waals surface area contributed by atoms with Crippen molar-refractivity contribution in [2.24, 2.45) is 0 Å². The fourth-order valence-electron chi connectivity index (χ4n) is 4.07. The van der Waals surface area contributed by atoms with Crippen molar-refractivity contribution in [1.29, 1.82) is 5.26 Å². The van der Waals surface area contributed by atoms with Gasteiger partial charge in [0.05, 0.1) is 17.5 Å². The van der Waals surface area contributed by atoms with E-state index in [-0.39, 0.29) is 27.9 Å². The molecule has 0 aliphatic carbocycles. The van der Waals surface area contributed by atoms with Gasteiger partial charge < -0.3 is 10.2 Å². The van der Waals surface area contributed by atoms with Crippen molar-refractivity contribution in [3.63, 3.8) is 0 Å². The monoisotopic (exact) mass is 468 g/mol. The molecule has 0 saturated carbocycles. The first kappa shape index (κ1) is 22.9. The quantitative estimate of drug-likeness (QED) is 0.569. The molecular weight excluding hydrogens is 452 g/mol. The molecule has 2 atom stereocenters. The Hall–Kier alpha value is -4.26. The number of carbonyl (C=O) groups excluding carboxylic acids is 2. The van der Waals surface area contributed by atoms with Crippen molar-refractivity contribution in [3.05, 3.63) is 95.1 Å². The zero-order valence-corrected chi connectivity index (χ0v) is 17.4. The Labute approximate surface area is 191 Å². The third-order valence-corrected chi connectivity index (χ3v) is 5.45. The number of rotatable bonds is 4. The molecule has 34 heavy (non-hydrogen) atoms. The molecule has 10 heteroatoms. The van der Waals surface area contributed by atoms with Crippen molar-refractivity contribution < 1.29 is 27.2 Å². The third-order valence-electron chi connectivity index (χ3n) is 5.45. The van der Waals surface area contributed by atoms with Crippen molar-refractivity contribution >= 4 is 17.5 Å². The lowest BCUT2D eigenvalue weighted by molar-refractivity contribution is -0.148. The second-order valence-electron chi connectivity index (χ2n) is 7.64. The predicted molar refractivity (Wildman–Crippen MR) is 113 cm³/mol. The molecule has 1 aliphatic rings. The Morgan fingerprint density at radius 1 is 1.15 bits per heavy atom. The number of hydrogen-bond donors (Lipinski definition) is 1. The third kappa shape index (κ3) is 4.45. The van der Waals surface area contributed by atoms with Gasteiger partial charge >= 0.3 is 6.18 Å². The van der Waals surface area contributed by atoms with Gasteiger partial charge in [0.25, 0.3) is 5.91 Å². The number of carbonyl (C=O) groups is 2. The minimum absolute atomic E-state index is 0.0242. The van der Waals surface area contributed by atoms with Crippen molar-refractivity contribution in [2.45, 2.75) is 18.1 Å². The van der Waals surface area contributed by atoms with E-state index in [1.807, 2.05) is 0 Å². The molecule has 1 N–H and O–H groups in total. The highest BCUT2D eigenvalue weighted by Gasteiger charge is 2.47. The highest BCUT2D eigenvalue weighted by atomic mass is 19.4. The maximum Gasteiger partial charge on any atom is 0.406 e. The summed E-state index contributed by atoms with van der Waals surface area (Å²) < 4.78 is 54.2. The minimum atomic E-state index is -4.72. The van der Waals surface area contributed by atoms with E-state index in [4.69, 9.17) is 5.26 Å². The molecule has 0 spiro atoms. The largest absolute Gasteiger partial charge is 0.406 e. The van der Waals surface area contributed by atoms with E-state index >= 15 is 0 Å². The van der Waals surface area contributed by atoms with Crippen molar-refractivity contribution in [2.75, 3.05) is 11.9 Å². The van der Waals surface area contributed by atoms with Gasteiger partial charge in [-0.2, -0.15) is 18.4 Å². The van der Waals surface area contributed by atoms with Crippen LogP contribution in [-0.2, 0) is 4.79 Å². The average molecular weight is 468 g/mol. The van der Waals surface area contributed by atoms with Crippen LogP contribution in [0.5, 0.6) is 0 Å². The molecule has 2 heterocycles. The molecule has 2 amide bonds. The normalized spacial score (nSPS) is 17.6. The maximum absolute atomic E-state index is 13.7. The zero-order chi connectivity index (χ0) is 24.5. The van der Waals surface area contributed by atoms with Gasteiger partial charge in [0.2, 0.25) is 5.91 Å². The van der Waals surface area contributed by atoms with Gasteiger partial charge in [0.1, 0.15) is 18.4 Å². The standard InChI is InChI=1S/C24H16F4N4O2/c25-19-8-7-16(10-15(19)11-29)31-22(33)20-17-5-1-2-6-18(17)23(34)32(13-24(26,27)28)21(20)14-4-3-9-30-12-14/h1-10,12,20-21H,13H2,(H,31,33)/t20-,21+/m1/s1. The number of hydrogen-bond acceptors (Lipinski definition) is 4. The van der Waals surface area contributed by atoms with E-state index in [0.717, 1.165) is 12.1 Å². The number of benzene rings is 2. The van der Waals surface area contributed by atoms with Crippen LogP contribution in [0, 0.1) is 17.1 Å². The molecule has 1 aliphatic heterocycles. The van der Waals surface area contributed by atoms with Crippen LogP contribution in [0.15, 0.2) is 67.0 Å². The molecular formula is C24H16F4N4O2. The first-order valence-electron chi connectivity index (χ1n) is 10.1. The first-order chi connectivity index (χ1) is 16.2. The van der Waals surface area contributed by atoms with E-state index < -0.39 is 42.3 Å². The number of halogens is 4. The number of aromatic nitrogens is 1. The Morgan fingerprint density at radius 3 is 2.59 bits per heavy atom. The van der Waals surface area contributed by atoms with Crippen LogP contribution in [0.1, 0.15) is 39.0 Å². The summed E-state index contributed by atoms with van der Waals surface area (Å²) in [5.74, 6) is -3.61. The molecule has 4 rings (SSSR count). The van der Waals surface area contributed by atoms with Gasteiger partial charge in [-0.3, -0.25) is 14.6 Å². The van der Waals surface area contributed by atoms with E-state index in [2.05, 4.69) is 10.3 Å². The molecule has 1 aromatic heterocycles. The van der Waals surface area contributed by atoms with Crippen LogP contribution < -0.4 is 5.32 Å².